The number of aliphatic hydroxyl groups excluding tert-OH is 1. The molecule has 6 heteroatoms. The molecule has 0 radical (unpaired) electrons. The van der Waals surface area contributed by atoms with Crippen molar-refractivity contribution < 1.29 is 14.6 Å². The molecule has 0 aromatic carbocycles. The van der Waals surface area contributed by atoms with Gasteiger partial charge in [-0.2, -0.15) is 0 Å². The first kappa shape index (κ1) is 14.7. The van der Waals surface area contributed by atoms with E-state index < -0.39 is 0 Å². The van der Waals surface area contributed by atoms with Crippen LogP contribution in [0.15, 0.2) is 18.3 Å². The van der Waals surface area contributed by atoms with Gasteiger partial charge in [0.1, 0.15) is 5.82 Å². The third kappa shape index (κ3) is 3.68. The lowest BCUT2D eigenvalue weighted by Crippen LogP contribution is -2.41. The molecule has 0 unspecified atom stereocenters. The van der Waals surface area contributed by atoms with Gasteiger partial charge in [-0.25, -0.2) is 4.98 Å². The normalized spacial score (nSPS) is 16.2. The fourth-order valence-electron chi connectivity index (χ4n) is 2.33. The van der Waals surface area contributed by atoms with E-state index in [0.717, 1.165) is 12.8 Å². The van der Waals surface area contributed by atoms with Crippen LogP contribution in [0.2, 0.25) is 0 Å². The molecule has 2 N–H and O–H groups in total. The molecule has 110 valence electrons. The molecule has 1 aromatic heterocycles. The van der Waals surface area contributed by atoms with Gasteiger partial charge in [-0.3, -0.25) is 4.79 Å². The van der Waals surface area contributed by atoms with Gasteiger partial charge in [0, 0.05) is 31.9 Å². The Bertz CT molecular complexity index is 445. The Balaban J connectivity index is 1.91. The van der Waals surface area contributed by atoms with Gasteiger partial charge in [0.2, 0.25) is 0 Å². The van der Waals surface area contributed by atoms with Gasteiger partial charge in [-0.1, -0.05) is 0 Å². The summed E-state index contributed by atoms with van der Waals surface area (Å²) in [5, 5.41) is 11.7. The minimum Gasteiger partial charge on any atom is -0.394 e. The lowest BCUT2D eigenvalue weighted by Gasteiger charge is -2.32. The van der Waals surface area contributed by atoms with Gasteiger partial charge in [0.25, 0.3) is 5.91 Å². The quantitative estimate of drug-likeness (QED) is 0.831. The Morgan fingerprint density at radius 2 is 2.30 bits per heavy atom. The molecule has 6 nitrogen and oxygen atoms in total. The van der Waals surface area contributed by atoms with E-state index in [1.54, 1.807) is 25.4 Å². The number of anilines is 1. The number of pyridine rings is 1. The predicted molar refractivity (Wildman–Crippen MR) is 75.7 cm³/mol. The third-order valence-electron chi connectivity index (χ3n) is 3.44. The smallest absolute Gasteiger partial charge is 0.254 e. The van der Waals surface area contributed by atoms with E-state index in [2.05, 4.69) is 10.3 Å². The zero-order valence-corrected chi connectivity index (χ0v) is 11.7. The van der Waals surface area contributed by atoms with Crippen molar-refractivity contribution in [3.8, 4) is 0 Å². The van der Waals surface area contributed by atoms with Crippen molar-refractivity contribution in [2.24, 2.45) is 0 Å². The number of amides is 1. The number of piperidine rings is 1. The molecule has 0 saturated carbocycles. The van der Waals surface area contributed by atoms with Crippen molar-refractivity contribution in [3.63, 3.8) is 0 Å². The number of likely N-dealkylation sites (tertiary alicyclic amines) is 1. The summed E-state index contributed by atoms with van der Waals surface area (Å²) < 4.78 is 5.49. The van der Waals surface area contributed by atoms with E-state index in [1.807, 2.05) is 4.90 Å². The van der Waals surface area contributed by atoms with Gasteiger partial charge in [0.15, 0.2) is 0 Å². The highest BCUT2D eigenvalue weighted by Crippen LogP contribution is 2.17. The minimum atomic E-state index is 0.0320. The fourth-order valence-corrected chi connectivity index (χ4v) is 2.33. The summed E-state index contributed by atoms with van der Waals surface area (Å²) in [6.07, 6.45) is 3.42. The summed E-state index contributed by atoms with van der Waals surface area (Å²) in [5.74, 6) is 0.724. The van der Waals surface area contributed by atoms with E-state index in [0.29, 0.717) is 31.1 Å². The number of nitrogens with zero attached hydrogens (tertiary/aromatic N) is 2. The Hall–Kier alpha value is -1.66. The van der Waals surface area contributed by atoms with Gasteiger partial charge in [-0.15, -0.1) is 0 Å². The second-order valence-corrected chi connectivity index (χ2v) is 4.77. The summed E-state index contributed by atoms with van der Waals surface area (Å²) in [6.45, 7) is 1.79. The molecule has 1 fully saturated rings. The number of nitrogens with one attached hydrogen (secondary N) is 1. The summed E-state index contributed by atoms with van der Waals surface area (Å²) in [5.41, 5.74) is 0.652. The van der Waals surface area contributed by atoms with E-state index in [1.165, 1.54) is 0 Å². The first-order valence-electron chi connectivity index (χ1n) is 6.90. The minimum absolute atomic E-state index is 0.0320. The Morgan fingerprint density at radius 1 is 1.55 bits per heavy atom. The number of carbonyl (C=O) groups is 1. The Labute approximate surface area is 118 Å². The van der Waals surface area contributed by atoms with Crippen LogP contribution in [-0.2, 0) is 4.74 Å². The summed E-state index contributed by atoms with van der Waals surface area (Å²) in [4.78, 5) is 18.3. The predicted octanol–water partition coefficient (Wildman–Crippen LogP) is 0.737. The number of aliphatic hydroxyl groups is 1. The highest BCUT2D eigenvalue weighted by Gasteiger charge is 2.24. The maximum atomic E-state index is 12.4. The summed E-state index contributed by atoms with van der Waals surface area (Å²) in [7, 11) is 1.78. The first-order chi connectivity index (χ1) is 9.74. The molecule has 0 atom stereocenters. The molecule has 0 aliphatic carbocycles. The molecular formula is C14H21N3O3. The van der Waals surface area contributed by atoms with Crippen LogP contribution < -0.4 is 5.32 Å². The van der Waals surface area contributed by atoms with Crippen LogP contribution in [0.25, 0.3) is 0 Å². The van der Waals surface area contributed by atoms with E-state index >= 15 is 0 Å². The van der Waals surface area contributed by atoms with Gasteiger partial charge >= 0.3 is 0 Å². The van der Waals surface area contributed by atoms with Crippen LogP contribution in [0.1, 0.15) is 23.2 Å². The van der Waals surface area contributed by atoms with Gasteiger partial charge in [0.05, 0.1) is 19.3 Å². The van der Waals surface area contributed by atoms with Crippen LogP contribution >= 0.6 is 0 Å². The zero-order chi connectivity index (χ0) is 14.4. The Morgan fingerprint density at radius 3 is 2.95 bits per heavy atom. The van der Waals surface area contributed by atoms with E-state index in [-0.39, 0.29) is 18.6 Å². The van der Waals surface area contributed by atoms with E-state index in [4.69, 9.17) is 9.84 Å². The number of hydrogen-bond donors (Lipinski definition) is 2. The second-order valence-electron chi connectivity index (χ2n) is 4.77. The molecular weight excluding hydrogens is 258 g/mol. The highest BCUT2D eigenvalue weighted by molar-refractivity contribution is 5.94. The number of ether oxygens (including phenoxy) is 1. The first-order valence-corrected chi connectivity index (χ1v) is 6.90. The maximum Gasteiger partial charge on any atom is 0.254 e. The van der Waals surface area contributed by atoms with Crippen molar-refractivity contribution in [2.45, 2.75) is 18.9 Å². The van der Waals surface area contributed by atoms with Crippen LogP contribution in [0.3, 0.4) is 0 Å². The van der Waals surface area contributed by atoms with Crippen molar-refractivity contribution in [3.05, 3.63) is 23.9 Å². The van der Waals surface area contributed by atoms with Crippen LogP contribution in [0.5, 0.6) is 0 Å². The third-order valence-corrected chi connectivity index (χ3v) is 3.44. The zero-order valence-electron chi connectivity index (χ0n) is 11.7. The van der Waals surface area contributed by atoms with E-state index in [9.17, 15) is 4.79 Å². The average molecular weight is 279 g/mol. The van der Waals surface area contributed by atoms with Crippen molar-refractivity contribution in [2.75, 3.05) is 38.7 Å². The molecule has 2 heterocycles. The van der Waals surface area contributed by atoms with Crippen LogP contribution in [-0.4, -0.2) is 60.4 Å². The molecule has 1 aliphatic heterocycles. The standard InChI is InChI=1S/C14H21N3O3/c1-15-13-10-11(2-5-16-13)14(19)17-6-3-12(4-7-17)20-9-8-18/h2,5,10,12,18H,3-4,6-9H2,1H3,(H,15,16). The van der Waals surface area contributed by atoms with Crippen molar-refractivity contribution in [1.29, 1.82) is 0 Å². The average Bonchev–Trinajstić information content (AvgIpc) is 2.52. The summed E-state index contributed by atoms with van der Waals surface area (Å²) >= 11 is 0. The van der Waals surface area contributed by atoms with Crippen molar-refractivity contribution in [1.82, 2.24) is 9.88 Å². The van der Waals surface area contributed by atoms with Crippen LogP contribution in [0.4, 0.5) is 5.82 Å². The largest absolute Gasteiger partial charge is 0.394 e. The maximum absolute atomic E-state index is 12.4. The van der Waals surface area contributed by atoms with Crippen LogP contribution in [0, 0.1) is 0 Å². The number of hydrogen-bond acceptors (Lipinski definition) is 5. The Kier molecular flexibility index (Phi) is 5.31. The molecule has 1 saturated heterocycles. The monoisotopic (exact) mass is 279 g/mol. The highest BCUT2D eigenvalue weighted by atomic mass is 16.5. The lowest BCUT2D eigenvalue weighted by atomic mass is 10.1. The van der Waals surface area contributed by atoms with Gasteiger partial charge in [-0.05, 0) is 25.0 Å². The summed E-state index contributed by atoms with van der Waals surface area (Å²) in [6, 6.07) is 3.49. The number of rotatable bonds is 5. The molecule has 0 bridgehead atoms. The second kappa shape index (κ2) is 7.21. The fraction of sp³-hybridized carbons (Fsp3) is 0.571. The number of carbonyl (C=O) groups excluding carboxylic acids is 1. The molecule has 1 aliphatic rings. The molecule has 1 amide bonds. The van der Waals surface area contributed by atoms with Gasteiger partial charge < -0.3 is 20.1 Å². The molecule has 20 heavy (non-hydrogen) atoms. The lowest BCUT2D eigenvalue weighted by molar-refractivity contribution is -0.00554. The molecule has 2 rings (SSSR count). The van der Waals surface area contributed by atoms with Crippen molar-refractivity contribution >= 4 is 11.7 Å². The topological polar surface area (TPSA) is 74.7 Å². The molecule has 0 spiro atoms. The molecule has 1 aromatic rings. The number of aromatic nitrogens is 1. The SMILES string of the molecule is CNc1cc(C(=O)N2CCC(OCCO)CC2)ccn1.